The quantitative estimate of drug-likeness (QED) is 0.373. The first-order valence-corrected chi connectivity index (χ1v) is 3.92. The number of alkyl halides is 1. The Morgan fingerprint density at radius 3 is 2.67 bits per heavy atom. The van der Waals surface area contributed by atoms with Crippen molar-refractivity contribution < 1.29 is 14.3 Å². The lowest BCUT2D eigenvalue weighted by molar-refractivity contribution is -0.143. The molecule has 4 heteroatoms. The predicted octanol–water partition coefficient (Wildman–Crippen LogP) is 1.30. The van der Waals surface area contributed by atoms with Gasteiger partial charge in [0.15, 0.2) is 0 Å². The van der Waals surface area contributed by atoms with E-state index in [0.717, 1.165) is 0 Å². The fraction of sp³-hybridized carbons (Fsp3) is 0.500. The van der Waals surface area contributed by atoms with E-state index in [1.807, 2.05) is 0 Å². The third-order valence-electron chi connectivity index (χ3n) is 1.07. The van der Waals surface area contributed by atoms with Gasteiger partial charge in [-0.3, -0.25) is 9.59 Å². The van der Waals surface area contributed by atoms with Crippen LogP contribution in [0.15, 0.2) is 12.7 Å². The van der Waals surface area contributed by atoms with Gasteiger partial charge in [-0.1, -0.05) is 12.7 Å². The number of halogens is 1. The molecule has 0 spiro atoms. The summed E-state index contributed by atoms with van der Waals surface area (Å²) >= 11 is 5.53. The smallest absolute Gasteiger partial charge is 0.324 e. The lowest BCUT2D eigenvalue weighted by Crippen LogP contribution is -2.20. The Morgan fingerprint density at radius 2 is 2.25 bits per heavy atom. The van der Waals surface area contributed by atoms with Gasteiger partial charge in [-0.2, -0.15) is 0 Å². The number of hydrogen-bond acceptors (Lipinski definition) is 3. The third-order valence-corrected chi connectivity index (χ3v) is 1.40. The van der Waals surface area contributed by atoms with Crippen molar-refractivity contribution in [3.8, 4) is 0 Å². The van der Waals surface area contributed by atoms with E-state index < -0.39 is 11.3 Å². The molecule has 0 saturated carbocycles. The van der Waals surface area contributed by atoms with Crippen molar-refractivity contribution in [3.63, 3.8) is 0 Å². The van der Waals surface area contributed by atoms with E-state index in [-0.39, 0.29) is 18.8 Å². The van der Waals surface area contributed by atoms with Crippen LogP contribution in [0.1, 0.15) is 13.3 Å². The molecule has 0 aromatic heterocycles. The van der Waals surface area contributed by atoms with E-state index >= 15 is 0 Å². The van der Waals surface area contributed by atoms with Gasteiger partial charge in [-0.25, -0.2) is 0 Å². The van der Waals surface area contributed by atoms with Crippen LogP contribution in [0.5, 0.6) is 0 Å². The molecule has 3 nitrogen and oxygen atoms in total. The normalized spacial score (nSPS) is 11.8. The highest BCUT2D eigenvalue weighted by molar-refractivity contribution is 6.31. The lowest BCUT2D eigenvalue weighted by atomic mass is 10.2. The maximum absolute atomic E-state index is 10.9. The number of carbonyl (C=O) groups is 2. The van der Waals surface area contributed by atoms with Gasteiger partial charge in [0.05, 0.1) is 0 Å². The fourth-order valence-electron chi connectivity index (χ4n) is 0.567. The fourth-order valence-corrected chi connectivity index (χ4v) is 0.847. The summed E-state index contributed by atoms with van der Waals surface area (Å²) < 4.78 is 4.61. The summed E-state index contributed by atoms with van der Waals surface area (Å²) in [6, 6.07) is 0. The molecule has 12 heavy (non-hydrogen) atoms. The highest BCUT2D eigenvalue weighted by atomic mass is 35.5. The molecule has 68 valence electrons. The van der Waals surface area contributed by atoms with Crippen LogP contribution in [0, 0.1) is 0 Å². The summed E-state index contributed by atoms with van der Waals surface area (Å²) in [6.45, 7) is 4.86. The van der Waals surface area contributed by atoms with Crippen molar-refractivity contribution >= 4 is 23.4 Å². The molecule has 0 aliphatic heterocycles. The second-order valence-corrected chi connectivity index (χ2v) is 2.82. The predicted molar refractivity (Wildman–Crippen MR) is 46.1 cm³/mol. The molecule has 1 unspecified atom stereocenters. The molecule has 0 N–H and O–H groups in total. The Bertz CT molecular complexity index is 189. The Balaban J connectivity index is 3.76. The largest absolute Gasteiger partial charge is 0.460 e. The Labute approximate surface area is 76.3 Å². The molecular formula is C8H11ClO3. The number of ether oxygens (including phenoxy) is 1. The van der Waals surface area contributed by atoms with Crippen molar-refractivity contribution in [2.75, 3.05) is 6.61 Å². The van der Waals surface area contributed by atoms with Gasteiger partial charge < -0.3 is 4.74 Å². The van der Waals surface area contributed by atoms with E-state index in [2.05, 4.69) is 11.3 Å². The Morgan fingerprint density at radius 1 is 1.67 bits per heavy atom. The Hall–Kier alpha value is -0.830. The molecule has 0 rings (SSSR count). The molecule has 0 bridgehead atoms. The first kappa shape index (κ1) is 11.2. The second kappa shape index (κ2) is 5.77. The zero-order valence-corrected chi connectivity index (χ0v) is 7.63. The number of esters is 1. The molecule has 0 heterocycles. The molecular weight excluding hydrogens is 180 g/mol. The standard InChI is InChI=1S/C8H11ClO3/c1-3-4-12-8(11)7(9)5-6(2)10/h3,7H,1,4-5H2,2H3. The number of carbonyl (C=O) groups excluding carboxylic acids is 2. The maximum atomic E-state index is 10.9. The minimum atomic E-state index is -0.873. The van der Waals surface area contributed by atoms with E-state index in [0.29, 0.717) is 0 Å². The zero-order chi connectivity index (χ0) is 9.56. The summed E-state index contributed by atoms with van der Waals surface area (Å²) in [5.41, 5.74) is 0. The molecule has 0 aliphatic rings. The average molecular weight is 191 g/mol. The van der Waals surface area contributed by atoms with Crippen molar-refractivity contribution in [2.24, 2.45) is 0 Å². The van der Waals surface area contributed by atoms with Crippen LogP contribution < -0.4 is 0 Å². The van der Waals surface area contributed by atoms with Gasteiger partial charge in [0.2, 0.25) is 0 Å². The molecule has 0 aromatic carbocycles. The summed E-state index contributed by atoms with van der Waals surface area (Å²) in [6.07, 6.45) is 1.45. The number of rotatable bonds is 5. The van der Waals surface area contributed by atoms with Crippen LogP contribution in [-0.4, -0.2) is 23.7 Å². The zero-order valence-electron chi connectivity index (χ0n) is 6.88. The summed E-state index contributed by atoms with van der Waals surface area (Å²) in [5, 5.41) is -0.873. The molecule has 0 aromatic rings. The summed E-state index contributed by atoms with van der Waals surface area (Å²) in [4.78, 5) is 21.4. The van der Waals surface area contributed by atoms with Crippen molar-refractivity contribution in [2.45, 2.75) is 18.7 Å². The van der Waals surface area contributed by atoms with Crippen molar-refractivity contribution in [1.29, 1.82) is 0 Å². The van der Waals surface area contributed by atoms with Crippen LogP contribution in [0.3, 0.4) is 0 Å². The topological polar surface area (TPSA) is 43.4 Å². The van der Waals surface area contributed by atoms with Gasteiger partial charge >= 0.3 is 5.97 Å². The first-order valence-electron chi connectivity index (χ1n) is 3.49. The summed E-state index contributed by atoms with van der Waals surface area (Å²) in [7, 11) is 0. The van der Waals surface area contributed by atoms with Crippen LogP contribution in [0.4, 0.5) is 0 Å². The van der Waals surface area contributed by atoms with E-state index in [1.54, 1.807) is 0 Å². The monoisotopic (exact) mass is 190 g/mol. The minimum absolute atomic E-state index is 0.0114. The number of ketones is 1. The SMILES string of the molecule is C=CCOC(=O)C(Cl)CC(C)=O. The molecule has 0 amide bonds. The maximum Gasteiger partial charge on any atom is 0.324 e. The molecule has 0 radical (unpaired) electrons. The van der Waals surface area contributed by atoms with Gasteiger partial charge in [0.25, 0.3) is 0 Å². The third kappa shape index (κ3) is 4.91. The number of Topliss-reactive ketones (excluding diaryl/α,β-unsaturated/α-hetero) is 1. The molecule has 0 aliphatic carbocycles. The highest BCUT2D eigenvalue weighted by Gasteiger charge is 2.17. The van der Waals surface area contributed by atoms with Crippen LogP contribution in [0.2, 0.25) is 0 Å². The first-order chi connectivity index (χ1) is 5.57. The average Bonchev–Trinajstić information content (AvgIpc) is 1.98. The van der Waals surface area contributed by atoms with E-state index in [1.165, 1.54) is 13.0 Å². The van der Waals surface area contributed by atoms with E-state index in [9.17, 15) is 9.59 Å². The van der Waals surface area contributed by atoms with Gasteiger partial charge in [0.1, 0.15) is 17.8 Å². The summed E-state index contributed by atoms with van der Waals surface area (Å²) in [5.74, 6) is -0.711. The van der Waals surface area contributed by atoms with Crippen molar-refractivity contribution in [3.05, 3.63) is 12.7 Å². The highest BCUT2D eigenvalue weighted by Crippen LogP contribution is 2.04. The second-order valence-electron chi connectivity index (χ2n) is 2.29. The van der Waals surface area contributed by atoms with Gasteiger partial charge in [0, 0.05) is 6.42 Å². The molecule has 0 saturated heterocycles. The van der Waals surface area contributed by atoms with Gasteiger partial charge in [-0.15, -0.1) is 11.6 Å². The lowest BCUT2D eigenvalue weighted by Gasteiger charge is -2.05. The van der Waals surface area contributed by atoms with Crippen LogP contribution >= 0.6 is 11.6 Å². The Kier molecular flexibility index (Phi) is 5.37. The minimum Gasteiger partial charge on any atom is -0.460 e. The van der Waals surface area contributed by atoms with E-state index in [4.69, 9.17) is 11.6 Å². The van der Waals surface area contributed by atoms with Crippen molar-refractivity contribution in [1.82, 2.24) is 0 Å². The molecule has 1 atom stereocenters. The number of hydrogen-bond donors (Lipinski definition) is 0. The molecule has 0 fully saturated rings. The van der Waals surface area contributed by atoms with Crippen LogP contribution in [-0.2, 0) is 14.3 Å². The van der Waals surface area contributed by atoms with Gasteiger partial charge in [-0.05, 0) is 6.92 Å². The van der Waals surface area contributed by atoms with Crippen LogP contribution in [0.25, 0.3) is 0 Å².